The maximum Gasteiger partial charge on any atom is 0.345 e. The molecule has 2 rings (SSSR count). The fourth-order valence-electron chi connectivity index (χ4n) is 3.06. The van der Waals surface area contributed by atoms with Crippen LogP contribution in [0, 0.1) is 0 Å². The molecule has 1 fully saturated rings. The summed E-state index contributed by atoms with van der Waals surface area (Å²) in [4.78, 5) is 57.7. The topological polar surface area (TPSA) is 179 Å². The Kier molecular flexibility index (Phi) is 7.58. The fourth-order valence-corrected chi connectivity index (χ4v) is 3.06. The molecule has 30 heavy (non-hydrogen) atoms. The predicted molar refractivity (Wildman–Crippen MR) is 102 cm³/mol. The molecular formula is C17H26N6O7. The van der Waals surface area contributed by atoms with E-state index in [9.17, 15) is 19.2 Å². The van der Waals surface area contributed by atoms with Crippen molar-refractivity contribution in [2.45, 2.75) is 38.9 Å². The summed E-state index contributed by atoms with van der Waals surface area (Å²) in [6, 6.07) is -2.95. The van der Waals surface area contributed by atoms with Crippen molar-refractivity contribution >= 4 is 29.8 Å². The number of primary amides is 1. The summed E-state index contributed by atoms with van der Waals surface area (Å²) < 4.78 is 9.73. The highest BCUT2D eigenvalue weighted by atomic mass is 16.7. The van der Waals surface area contributed by atoms with Crippen LogP contribution in [0.5, 0.6) is 0 Å². The van der Waals surface area contributed by atoms with Crippen LogP contribution in [0.25, 0.3) is 0 Å². The molecule has 3 atom stereocenters. The number of aliphatic imine (C=N–C) groups is 1. The van der Waals surface area contributed by atoms with Crippen LogP contribution in [0.1, 0.15) is 20.8 Å². The van der Waals surface area contributed by atoms with Crippen molar-refractivity contribution < 1.29 is 33.5 Å². The smallest absolute Gasteiger partial charge is 0.345 e. The predicted octanol–water partition coefficient (Wildman–Crippen LogP) is -1.81. The Morgan fingerprint density at radius 1 is 1.33 bits per heavy atom. The number of amidine groups is 1. The molecule has 13 heteroatoms. The van der Waals surface area contributed by atoms with Gasteiger partial charge in [-0.3, -0.25) is 14.4 Å². The Morgan fingerprint density at radius 3 is 2.67 bits per heavy atom. The molecule has 4 amide bonds. The lowest BCUT2D eigenvalue weighted by molar-refractivity contribution is -0.175. The second-order valence-corrected chi connectivity index (χ2v) is 6.63. The van der Waals surface area contributed by atoms with Gasteiger partial charge in [0.2, 0.25) is 18.6 Å². The minimum absolute atomic E-state index is 0.221. The third-order valence-corrected chi connectivity index (χ3v) is 4.39. The van der Waals surface area contributed by atoms with E-state index in [1.165, 1.54) is 11.8 Å². The van der Waals surface area contributed by atoms with Crippen LogP contribution in [-0.2, 0) is 28.7 Å². The van der Waals surface area contributed by atoms with Crippen molar-refractivity contribution in [2.24, 2.45) is 16.5 Å². The fraction of sp³-hybridized carbons (Fsp3) is 0.588. The molecule has 2 heterocycles. The van der Waals surface area contributed by atoms with Gasteiger partial charge in [-0.2, -0.15) is 5.06 Å². The van der Waals surface area contributed by atoms with Crippen molar-refractivity contribution in [3.63, 3.8) is 0 Å². The molecule has 0 aliphatic carbocycles. The highest BCUT2D eigenvalue weighted by molar-refractivity contribution is 5.90. The first-order valence-corrected chi connectivity index (χ1v) is 9.25. The van der Waals surface area contributed by atoms with Crippen LogP contribution >= 0.6 is 0 Å². The van der Waals surface area contributed by atoms with E-state index in [-0.39, 0.29) is 18.5 Å². The lowest BCUT2D eigenvalue weighted by atomic mass is 10.0. The monoisotopic (exact) mass is 426 g/mol. The van der Waals surface area contributed by atoms with Crippen LogP contribution < -0.4 is 16.8 Å². The number of hydroxylamine groups is 2. The number of nitrogens with one attached hydrogen (secondary N) is 1. The van der Waals surface area contributed by atoms with E-state index in [0.717, 1.165) is 5.06 Å². The van der Waals surface area contributed by atoms with E-state index < -0.39 is 49.4 Å². The normalized spacial score (nSPS) is 21.8. The molecule has 2 aliphatic rings. The highest BCUT2D eigenvalue weighted by Crippen LogP contribution is 2.29. The molecule has 0 aromatic heterocycles. The summed E-state index contributed by atoms with van der Waals surface area (Å²) in [6.45, 7) is 4.54. The molecule has 0 spiro atoms. The summed E-state index contributed by atoms with van der Waals surface area (Å²) in [7, 11) is 0. The van der Waals surface area contributed by atoms with Crippen LogP contribution in [-0.4, -0.2) is 84.4 Å². The zero-order valence-corrected chi connectivity index (χ0v) is 17.0. The van der Waals surface area contributed by atoms with Gasteiger partial charge in [-0.1, -0.05) is 6.08 Å². The second kappa shape index (κ2) is 9.91. The average molecular weight is 426 g/mol. The molecule has 166 valence electrons. The number of fused-ring (bicyclic) bond motifs is 2. The second-order valence-electron chi connectivity index (χ2n) is 6.63. The van der Waals surface area contributed by atoms with Crippen molar-refractivity contribution in [3.05, 3.63) is 11.6 Å². The van der Waals surface area contributed by atoms with Gasteiger partial charge in [0, 0.05) is 6.54 Å². The minimum Gasteiger partial charge on any atom is -0.428 e. The van der Waals surface area contributed by atoms with E-state index in [4.69, 9.17) is 25.8 Å². The van der Waals surface area contributed by atoms with Gasteiger partial charge < -0.3 is 31.2 Å². The van der Waals surface area contributed by atoms with Crippen molar-refractivity contribution in [1.82, 2.24) is 15.3 Å². The molecule has 1 unspecified atom stereocenters. The summed E-state index contributed by atoms with van der Waals surface area (Å²) in [6.07, 6.45) is 1.69. The van der Waals surface area contributed by atoms with E-state index in [1.54, 1.807) is 19.9 Å². The number of amides is 4. The molecule has 2 bridgehead atoms. The maximum atomic E-state index is 12.4. The first-order valence-electron chi connectivity index (χ1n) is 9.25. The number of urea groups is 1. The van der Waals surface area contributed by atoms with Crippen LogP contribution in [0.15, 0.2) is 16.6 Å². The number of carbonyl (C=O) groups excluding carboxylic acids is 4. The largest absolute Gasteiger partial charge is 0.428 e. The number of nitrogens with two attached hydrogens (primary N) is 2. The number of hydrogen-bond donors (Lipinski definition) is 3. The Bertz CT molecular complexity index is 768. The van der Waals surface area contributed by atoms with Gasteiger partial charge in [0.1, 0.15) is 12.1 Å². The molecule has 1 saturated heterocycles. The lowest BCUT2D eigenvalue weighted by Crippen LogP contribution is -2.48. The Labute approximate surface area is 172 Å². The number of hydrogen-bond acceptors (Lipinski definition) is 8. The van der Waals surface area contributed by atoms with E-state index >= 15 is 0 Å². The molecule has 2 aliphatic heterocycles. The number of carbonyl (C=O) groups is 4. The summed E-state index contributed by atoms with van der Waals surface area (Å²) >= 11 is 0. The average Bonchev–Trinajstić information content (AvgIpc) is 2.90. The third-order valence-electron chi connectivity index (χ3n) is 4.39. The Hall–Kier alpha value is -3.35. The zero-order chi connectivity index (χ0) is 22.4. The van der Waals surface area contributed by atoms with Gasteiger partial charge >= 0.3 is 12.0 Å². The highest BCUT2D eigenvalue weighted by Gasteiger charge is 2.47. The molecule has 0 aromatic carbocycles. The Balaban J connectivity index is 1.77. The summed E-state index contributed by atoms with van der Waals surface area (Å²) in [5.74, 6) is -1.79. The number of nitrogens with zero attached hydrogens (tertiary/aromatic N) is 3. The van der Waals surface area contributed by atoms with Crippen LogP contribution in [0.2, 0.25) is 0 Å². The summed E-state index contributed by atoms with van der Waals surface area (Å²) in [5.41, 5.74) is 11.5. The number of esters is 1. The van der Waals surface area contributed by atoms with Crippen molar-refractivity contribution in [3.8, 4) is 0 Å². The van der Waals surface area contributed by atoms with Gasteiger partial charge in [-0.15, -0.1) is 0 Å². The number of likely N-dealkylation sites (N-methyl/N-ethyl adjacent to an activating group) is 1. The van der Waals surface area contributed by atoms with E-state index in [2.05, 4.69) is 10.3 Å². The number of rotatable bonds is 9. The van der Waals surface area contributed by atoms with Crippen LogP contribution in [0.3, 0.4) is 0 Å². The minimum atomic E-state index is -0.841. The molecule has 13 nitrogen and oxygen atoms in total. The lowest BCUT2D eigenvalue weighted by Gasteiger charge is -2.27. The van der Waals surface area contributed by atoms with Gasteiger partial charge in [0.25, 0.3) is 6.02 Å². The van der Waals surface area contributed by atoms with Crippen molar-refractivity contribution in [1.29, 1.82) is 0 Å². The van der Waals surface area contributed by atoms with E-state index in [1.807, 2.05) is 0 Å². The zero-order valence-electron chi connectivity index (χ0n) is 17.0. The summed E-state index contributed by atoms with van der Waals surface area (Å²) in [5, 5.41) is 3.57. The molecule has 0 radical (unpaired) electrons. The van der Waals surface area contributed by atoms with Gasteiger partial charge in [-0.25, -0.2) is 14.6 Å². The Morgan fingerprint density at radius 2 is 2.03 bits per heavy atom. The van der Waals surface area contributed by atoms with Crippen molar-refractivity contribution in [2.75, 3.05) is 26.5 Å². The van der Waals surface area contributed by atoms with Gasteiger partial charge in [0.15, 0.2) is 6.61 Å². The first kappa shape index (κ1) is 22.9. The number of ether oxygens (including phenoxy) is 2. The SMILES string of the molecule is CCNC(=O)C(C)N=C(N)OCOC(=O)CON1C(=O)N2C[C@H]1C=C(C)[C@H]2C(N)=O. The third kappa shape index (κ3) is 5.37. The molecular weight excluding hydrogens is 400 g/mol. The molecule has 5 N–H and O–H groups in total. The van der Waals surface area contributed by atoms with Crippen LogP contribution in [0.4, 0.5) is 4.79 Å². The maximum absolute atomic E-state index is 12.4. The van der Waals surface area contributed by atoms with Gasteiger partial charge in [0.05, 0.1) is 12.6 Å². The molecule has 0 saturated carbocycles. The standard InChI is InChI=1S/C17H26N6O7/c1-4-20-15(26)10(3)21-16(19)29-8-28-12(24)7-30-23-11-5-9(2)13(14(18)25)22(6-11)17(23)27/h5,10-11,13H,4,6-8H2,1-3H3,(H2,18,25)(H2,19,21)(H,20,26)/t10?,11-,13+/m1/s1. The first-order chi connectivity index (χ1) is 14.1. The van der Waals surface area contributed by atoms with E-state index in [0.29, 0.717) is 12.1 Å². The quantitative estimate of drug-likeness (QED) is 0.127. The molecule has 0 aromatic rings. The van der Waals surface area contributed by atoms with Gasteiger partial charge in [-0.05, 0) is 26.3 Å².